The summed E-state index contributed by atoms with van der Waals surface area (Å²) in [4.78, 5) is 0. The number of fused-ring (bicyclic) bond motifs is 12. The van der Waals surface area contributed by atoms with Crippen molar-refractivity contribution in [3.05, 3.63) is 139 Å². The lowest BCUT2D eigenvalue weighted by Gasteiger charge is -2.20. The zero-order valence-electron chi connectivity index (χ0n) is 23.9. The van der Waals surface area contributed by atoms with Crippen molar-refractivity contribution in [2.45, 2.75) is 12.8 Å². The number of rotatable bonds is 2. The van der Waals surface area contributed by atoms with E-state index in [0.29, 0.717) is 0 Å². The second-order valence-electron chi connectivity index (χ2n) is 11.9. The molecule has 10 rings (SSSR count). The SMILES string of the molecule is C1=CCCC(c2c3ccccc3c(-c3ccc4c(c3)sc3c5ccccc5c5c6ccccc6oc5c43)c3ccccc23)=C1. The maximum Gasteiger partial charge on any atom is 0.145 e. The average Bonchev–Trinajstić information content (AvgIpc) is 3.66. The molecule has 0 saturated heterocycles. The number of benzene rings is 7. The Morgan fingerprint density at radius 1 is 0.545 bits per heavy atom. The van der Waals surface area contributed by atoms with Gasteiger partial charge in [-0.3, -0.25) is 0 Å². The van der Waals surface area contributed by atoms with Crippen molar-refractivity contribution in [2.75, 3.05) is 0 Å². The molecule has 44 heavy (non-hydrogen) atoms. The largest absolute Gasteiger partial charge is 0.455 e. The number of allylic oxidation sites excluding steroid dienone is 4. The van der Waals surface area contributed by atoms with Crippen LogP contribution in [0.2, 0.25) is 0 Å². The van der Waals surface area contributed by atoms with E-state index in [1.807, 2.05) is 11.3 Å². The molecule has 7 aromatic carbocycles. The predicted octanol–water partition coefficient (Wildman–Crippen LogP) is 12.8. The van der Waals surface area contributed by atoms with E-state index in [4.69, 9.17) is 4.42 Å². The van der Waals surface area contributed by atoms with Crippen molar-refractivity contribution in [1.82, 2.24) is 0 Å². The molecule has 206 valence electrons. The van der Waals surface area contributed by atoms with Crippen molar-refractivity contribution in [1.29, 1.82) is 0 Å². The molecule has 2 aromatic heterocycles. The number of furan rings is 1. The summed E-state index contributed by atoms with van der Waals surface area (Å²) in [5.74, 6) is 0. The van der Waals surface area contributed by atoms with E-state index in [9.17, 15) is 0 Å². The summed E-state index contributed by atoms with van der Waals surface area (Å²) < 4.78 is 9.22. The minimum Gasteiger partial charge on any atom is -0.455 e. The topological polar surface area (TPSA) is 13.1 Å². The Balaban J connectivity index is 1.31. The van der Waals surface area contributed by atoms with Crippen molar-refractivity contribution in [3.8, 4) is 11.1 Å². The normalized spacial score (nSPS) is 13.8. The van der Waals surface area contributed by atoms with Gasteiger partial charge in [0.15, 0.2) is 0 Å². The minimum atomic E-state index is 0.942. The molecule has 2 heteroatoms. The third-order valence-corrected chi connectivity index (χ3v) is 10.7. The van der Waals surface area contributed by atoms with Crippen LogP contribution < -0.4 is 0 Å². The zero-order valence-corrected chi connectivity index (χ0v) is 24.7. The van der Waals surface area contributed by atoms with Crippen LogP contribution >= 0.6 is 11.3 Å². The fourth-order valence-electron chi connectivity index (χ4n) is 7.65. The molecule has 0 bridgehead atoms. The first-order valence-corrected chi connectivity index (χ1v) is 16.1. The van der Waals surface area contributed by atoms with Crippen LogP contribution in [0.3, 0.4) is 0 Å². The Labute approximate surface area is 257 Å². The smallest absolute Gasteiger partial charge is 0.145 e. The molecule has 0 saturated carbocycles. The van der Waals surface area contributed by atoms with Crippen LogP contribution in [0.5, 0.6) is 0 Å². The summed E-state index contributed by atoms with van der Waals surface area (Å²) in [6, 6.07) is 42.3. The predicted molar refractivity (Wildman–Crippen MR) is 191 cm³/mol. The third kappa shape index (κ3) is 3.29. The fraction of sp³-hybridized carbons (Fsp3) is 0.0476. The molecule has 0 fully saturated rings. The summed E-state index contributed by atoms with van der Waals surface area (Å²) >= 11 is 1.88. The van der Waals surface area contributed by atoms with Gasteiger partial charge >= 0.3 is 0 Å². The molecule has 9 aromatic rings. The molecule has 0 radical (unpaired) electrons. The molecule has 0 unspecified atom stereocenters. The monoisotopic (exact) mass is 578 g/mol. The Kier molecular flexibility index (Phi) is 5.05. The van der Waals surface area contributed by atoms with Crippen LogP contribution in [0.15, 0.2) is 138 Å². The Morgan fingerprint density at radius 2 is 1.18 bits per heavy atom. The van der Waals surface area contributed by atoms with Gasteiger partial charge in [0.1, 0.15) is 11.2 Å². The van der Waals surface area contributed by atoms with Gasteiger partial charge in [0.05, 0.1) is 0 Å². The molecule has 1 aliphatic rings. The van der Waals surface area contributed by atoms with Crippen LogP contribution in [0.4, 0.5) is 0 Å². The van der Waals surface area contributed by atoms with Crippen LogP contribution in [0.1, 0.15) is 18.4 Å². The second-order valence-corrected chi connectivity index (χ2v) is 12.9. The number of thiophene rings is 1. The highest BCUT2D eigenvalue weighted by Crippen LogP contribution is 2.49. The van der Waals surface area contributed by atoms with E-state index in [-0.39, 0.29) is 0 Å². The third-order valence-electron chi connectivity index (χ3n) is 9.51. The van der Waals surface area contributed by atoms with Gasteiger partial charge in [0.25, 0.3) is 0 Å². The number of para-hydroxylation sites is 1. The van der Waals surface area contributed by atoms with Gasteiger partial charge in [-0.1, -0.05) is 121 Å². The maximum atomic E-state index is 6.64. The van der Waals surface area contributed by atoms with Gasteiger partial charge in [-0.05, 0) is 74.2 Å². The number of hydrogen-bond donors (Lipinski definition) is 0. The summed E-state index contributed by atoms with van der Waals surface area (Å²) in [6.45, 7) is 0. The van der Waals surface area contributed by atoms with Gasteiger partial charge in [-0.25, -0.2) is 0 Å². The van der Waals surface area contributed by atoms with Gasteiger partial charge in [-0.15, -0.1) is 11.3 Å². The van der Waals surface area contributed by atoms with E-state index in [1.165, 1.54) is 85.5 Å². The van der Waals surface area contributed by atoms with Crippen LogP contribution in [0, 0.1) is 0 Å². The first-order valence-electron chi connectivity index (χ1n) is 15.3. The molecule has 2 heterocycles. The first-order chi connectivity index (χ1) is 21.8. The van der Waals surface area contributed by atoms with Crippen LogP contribution in [-0.2, 0) is 0 Å². The molecule has 0 amide bonds. The summed E-state index contributed by atoms with van der Waals surface area (Å²) in [5, 5.41) is 12.7. The standard InChI is InChI=1S/C42H26OS/c1-2-12-25(13-3-1)37-27-14-4-6-16-29(27)38(30-17-7-5-15-28(30)37)26-22-23-34-36(24-26)44-42-32-19-9-8-18-31(32)39-33-20-10-11-21-35(33)43-41(39)40(34)42/h1-2,4-12,14-24H,3,13H2. The summed E-state index contributed by atoms with van der Waals surface area (Å²) in [6.07, 6.45) is 8.96. The minimum absolute atomic E-state index is 0.942. The van der Waals surface area contributed by atoms with E-state index in [1.54, 1.807) is 0 Å². The van der Waals surface area contributed by atoms with E-state index < -0.39 is 0 Å². The maximum absolute atomic E-state index is 6.64. The number of hydrogen-bond acceptors (Lipinski definition) is 2. The van der Waals surface area contributed by atoms with Gasteiger partial charge in [0.2, 0.25) is 0 Å². The Morgan fingerprint density at radius 3 is 1.89 bits per heavy atom. The average molecular weight is 579 g/mol. The van der Waals surface area contributed by atoms with Gasteiger partial charge in [-0.2, -0.15) is 0 Å². The lowest BCUT2D eigenvalue weighted by Crippen LogP contribution is -1.95. The molecule has 1 aliphatic carbocycles. The van der Waals surface area contributed by atoms with Gasteiger partial charge < -0.3 is 4.42 Å². The Hall–Kier alpha value is -5.18. The van der Waals surface area contributed by atoms with E-state index >= 15 is 0 Å². The van der Waals surface area contributed by atoms with Crippen molar-refractivity contribution < 1.29 is 4.42 Å². The lowest BCUT2D eigenvalue weighted by molar-refractivity contribution is 0.673. The highest BCUT2D eigenvalue weighted by molar-refractivity contribution is 7.27. The summed E-state index contributed by atoms with van der Waals surface area (Å²) in [7, 11) is 0. The van der Waals surface area contributed by atoms with Crippen LogP contribution in [-0.4, -0.2) is 0 Å². The second kappa shape index (κ2) is 9.16. The lowest BCUT2D eigenvalue weighted by atomic mass is 9.84. The van der Waals surface area contributed by atoms with Crippen molar-refractivity contribution in [3.63, 3.8) is 0 Å². The molecule has 1 nitrogen and oxygen atoms in total. The van der Waals surface area contributed by atoms with Crippen molar-refractivity contribution >= 4 is 91.3 Å². The van der Waals surface area contributed by atoms with E-state index in [2.05, 4.69) is 133 Å². The van der Waals surface area contributed by atoms with Gasteiger partial charge in [0, 0.05) is 36.3 Å². The molecule has 0 N–H and O–H groups in total. The van der Waals surface area contributed by atoms with Crippen LogP contribution in [0.25, 0.3) is 91.1 Å². The molecular weight excluding hydrogens is 553 g/mol. The first kappa shape index (κ1) is 24.3. The Bertz CT molecular complexity index is 2660. The molecule has 0 atom stereocenters. The zero-order chi connectivity index (χ0) is 28.8. The quantitative estimate of drug-likeness (QED) is 0.186. The van der Waals surface area contributed by atoms with Crippen molar-refractivity contribution in [2.24, 2.45) is 0 Å². The molecular formula is C42H26OS. The fourth-order valence-corrected chi connectivity index (χ4v) is 8.93. The molecule has 0 spiro atoms. The van der Waals surface area contributed by atoms with E-state index in [0.717, 1.165) is 24.0 Å². The highest BCUT2D eigenvalue weighted by Gasteiger charge is 2.21. The molecule has 0 aliphatic heterocycles. The summed E-state index contributed by atoms with van der Waals surface area (Å²) in [5.41, 5.74) is 7.31. The highest BCUT2D eigenvalue weighted by atomic mass is 32.1.